The normalized spacial score (nSPS) is 17.2. The summed E-state index contributed by atoms with van der Waals surface area (Å²) in [6.07, 6.45) is 2.27. The minimum absolute atomic E-state index is 0.509. The average Bonchev–Trinajstić information content (AvgIpc) is 2.58. The van der Waals surface area contributed by atoms with E-state index >= 15 is 0 Å². The molecule has 0 bridgehead atoms. The Morgan fingerprint density at radius 2 is 1.79 bits per heavy atom. The van der Waals surface area contributed by atoms with Crippen LogP contribution in [0.5, 0.6) is 0 Å². The van der Waals surface area contributed by atoms with Gasteiger partial charge in [-0.05, 0) is 63.0 Å². The van der Waals surface area contributed by atoms with Crippen molar-refractivity contribution in [3.63, 3.8) is 0 Å². The molecule has 1 saturated heterocycles. The Bertz CT molecular complexity index is 533. The van der Waals surface area contributed by atoms with Gasteiger partial charge in [0, 0.05) is 38.4 Å². The highest BCUT2D eigenvalue weighted by atomic mass is 15.3. The van der Waals surface area contributed by atoms with Crippen LogP contribution in [0.25, 0.3) is 0 Å². The van der Waals surface area contributed by atoms with E-state index in [-0.39, 0.29) is 0 Å². The number of nitrogens with zero attached hydrogens (tertiary/aromatic N) is 3. The number of aryl methyl sites for hydroxylation is 2. The molecular weight excluding hydrogens is 298 g/mol. The van der Waals surface area contributed by atoms with Crippen molar-refractivity contribution in [2.24, 2.45) is 10.7 Å². The zero-order chi connectivity index (χ0) is 17.4. The predicted octanol–water partition coefficient (Wildman–Crippen LogP) is 2.45. The summed E-state index contributed by atoms with van der Waals surface area (Å²) in [5.41, 5.74) is 9.53. The van der Waals surface area contributed by atoms with Gasteiger partial charge in [0.25, 0.3) is 0 Å². The second-order valence-electron chi connectivity index (χ2n) is 6.67. The number of unbranched alkanes of at least 4 members (excludes halogenated alkanes) is 1. The summed E-state index contributed by atoms with van der Waals surface area (Å²) in [5, 5.41) is 3.17. The molecule has 0 radical (unpaired) electrons. The lowest BCUT2D eigenvalue weighted by Gasteiger charge is -2.33. The van der Waals surface area contributed by atoms with E-state index < -0.39 is 0 Å². The van der Waals surface area contributed by atoms with E-state index in [1.54, 1.807) is 0 Å². The SMILES string of the molecule is CCN1CCN(CCCCN=C(N)Nc2ccc(C)c(C)c2)CC1. The number of aliphatic imine (C=N–C) groups is 1. The van der Waals surface area contributed by atoms with E-state index in [1.807, 2.05) is 6.07 Å². The van der Waals surface area contributed by atoms with Crippen molar-refractivity contribution < 1.29 is 0 Å². The number of guanidine groups is 1. The van der Waals surface area contributed by atoms with Crippen LogP contribution < -0.4 is 11.1 Å². The first kappa shape index (κ1) is 18.7. The third kappa shape index (κ3) is 6.13. The zero-order valence-electron chi connectivity index (χ0n) is 15.5. The number of nitrogens with two attached hydrogens (primary N) is 1. The third-order valence-electron chi connectivity index (χ3n) is 4.86. The van der Waals surface area contributed by atoms with Gasteiger partial charge in [0.05, 0.1) is 0 Å². The predicted molar refractivity (Wildman–Crippen MR) is 104 cm³/mol. The fourth-order valence-corrected chi connectivity index (χ4v) is 2.98. The van der Waals surface area contributed by atoms with Gasteiger partial charge in [-0.3, -0.25) is 4.99 Å². The van der Waals surface area contributed by atoms with Crippen LogP contribution in [0, 0.1) is 13.8 Å². The molecule has 0 amide bonds. The van der Waals surface area contributed by atoms with E-state index in [2.05, 4.69) is 53.0 Å². The quantitative estimate of drug-likeness (QED) is 0.458. The number of nitrogens with one attached hydrogen (secondary N) is 1. The molecule has 1 aliphatic heterocycles. The highest BCUT2D eigenvalue weighted by Crippen LogP contribution is 2.13. The number of anilines is 1. The molecule has 1 aromatic carbocycles. The summed E-state index contributed by atoms with van der Waals surface area (Å²) in [6.45, 7) is 14.4. The Morgan fingerprint density at radius 3 is 2.46 bits per heavy atom. The van der Waals surface area contributed by atoms with Gasteiger partial charge in [-0.25, -0.2) is 0 Å². The molecule has 1 heterocycles. The Hall–Kier alpha value is -1.59. The number of piperazine rings is 1. The van der Waals surface area contributed by atoms with Crippen molar-refractivity contribution in [1.82, 2.24) is 9.80 Å². The molecule has 5 heteroatoms. The van der Waals surface area contributed by atoms with Crippen LogP contribution in [0.3, 0.4) is 0 Å². The lowest BCUT2D eigenvalue weighted by atomic mass is 10.1. The van der Waals surface area contributed by atoms with Crippen LogP contribution in [0.15, 0.2) is 23.2 Å². The summed E-state index contributed by atoms with van der Waals surface area (Å²) < 4.78 is 0. The summed E-state index contributed by atoms with van der Waals surface area (Å²) >= 11 is 0. The van der Waals surface area contributed by atoms with Gasteiger partial charge >= 0.3 is 0 Å². The van der Waals surface area contributed by atoms with Crippen molar-refractivity contribution in [3.8, 4) is 0 Å². The molecule has 0 unspecified atom stereocenters. The van der Waals surface area contributed by atoms with Gasteiger partial charge in [0.1, 0.15) is 0 Å². The Balaban J connectivity index is 1.62. The fraction of sp³-hybridized carbons (Fsp3) is 0.632. The van der Waals surface area contributed by atoms with Crippen LogP contribution >= 0.6 is 0 Å². The van der Waals surface area contributed by atoms with E-state index in [9.17, 15) is 0 Å². The smallest absolute Gasteiger partial charge is 0.193 e. The fourth-order valence-electron chi connectivity index (χ4n) is 2.98. The summed E-state index contributed by atoms with van der Waals surface area (Å²) in [5.74, 6) is 0.509. The highest BCUT2D eigenvalue weighted by molar-refractivity contribution is 5.92. The van der Waals surface area contributed by atoms with E-state index in [1.165, 1.54) is 56.8 Å². The molecule has 5 nitrogen and oxygen atoms in total. The monoisotopic (exact) mass is 331 g/mol. The van der Waals surface area contributed by atoms with Crippen LogP contribution in [-0.4, -0.2) is 61.6 Å². The van der Waals surface area contributed by atoms with Crippen LogP contribution in [0.4, 0.5) is 5.69 Å². The second kappa shape index (κ2) is 9.64. The maximum Gasteiger partial charge on any atom is 0.193 e. The summed E-state index contributed by atoms with van der Waals surface area (Å²) in [6, 6.07) is 6.25. The van der Waals surface area contributed by atoms with E-state index in [4.69, 9.17) is 5.73 Å². The molecule has 0 saturated carbocycles. The number of benzene rings is 1. The first-order valence-electron chi connectivity index (χ1n) is 9.17. The van der Waals surface area contributed by atoms with Crippen LogP contribution in [0.1, 0.15) is 30.9 Å². The minimum atomic E-state index is 0.509. The van der Waals surface area contributed by atoms with Crippen LogP contribution in [-0.2, 0) is 0 Å². The van der Waals surface area contributed by atoms with Gasteiger partial charge in [0.2, 0.25) is 0 Å². The van der Waals surface area contributed by atoms with Gasteiger partial charge in [-0.2, -0.15) is 0 Å². The summed E-state index contributed by atoms with van der Waals surface area (Å²) in [4.78, 5) is 9.51. The molecule has 134 valence electrons. The first-order valence-corrected chi connectivity index (χ1v) is 9.17. The number of rotatable bonds is 7. The van der Waals surface area contributed by atoms with Gasteiger partial charge in [-0.15, -0.1) is 0 Å². The first-order chi connectivity index (χ1) is 11.6. The lowest BCUT2D eigenvalue weighted by molar-refractivity contribution is 0.136. The minimum Gasteiger partial charge on any atom is -0.370 e. The molecule has 2 rings (SSSR count). The lowest BCUT2D eigenvalue weighted by Crippen LogP contribution is -2.46. The van der Waals surface area contributed by atoms with Crippen molar-refractivity contribution in [2.75, 3.05) is 51.1 Å². The standard InChI is InChI=1S/C19H33N5/c1-4-23-11-13-24(14-12-23)10-6-5-9-21-19(20)22-18-8-7-16(2)17(3)15-18/h7-8,15H,4-6,9-14H2,1-3H3,(H3,20,21,22). The number of likely N-dealkylation sites (N-methyl/N-ethyl adjacent to an activating group) is 1. The van der Waals surface area contributed by atoms with Crippen molar-refractivity contribution in [2.45, 2.75) is 33.6 Å². The van der Waals surface area contributed by atoms with Crippen LogP contribution in [0.2, 0.25) is 0 Å². The molecule has 0 atom stereocenters. The molecular formula is C19H33N5. The molecule has 1 aliphatic rings. The molecule has 3 N–H and O–H groups in total. The number of hydrogen-bond donors (Lipinski definition) is 2. The van der Waals surface area contributed by atoms with Gasteiger partial charge < -0.3 is 20.9 Å². The average molecular weight is 332 g/mol. The summed E-state index contributed by atoms with van der Waals surface area (Å²) in [7, 11) is 0. The Labute approximate surface area is 146 Å². The molecule has 0 aliphatic carbocycles. The number of hydrogen-bond acceptors (Lipinski definition) is 3. The van der Waals surface area contributed by atoms with Gasteiger partial charge in [-0.1, -0.05) is 13.0 Å². The maximum absolute atomic E-state index is 5.97. The highest BCUT2D eigenvalue weighted by Gasteiger charge is 2.14. The molecule has 1 fully saturated rings. The third-order valence-corrected chi connectivity index (χ3v) is 4.86. The van der Waals surface area contributed by atoms with Crippen molar-refractivity contribution >= 4 is 11.6 Å². The largest absolute Gasteiger partial charge is 0.370 e. The Kier molecular flexibility index (Phi) is 7.53. The van der Waals surface area contributed by atoms with Crippen molar-refractivity contribution in [1.29, 1.82) is 0 Å². The second-order valence-corrected chi connectivity index (χ2v) is 6.67. The molecule has 1 aromatic rings. The Morgan fingerprint density at radius 1 is 1.08 bits per heavy atom. The van der Waals surface area contributed by atoms with Gasteiger partial charge in [0.15, 0.2) is 5.96 Å². The molecule has 0 spiro atoms. The zero-order valence-corrected chi connectivity index (χ0v) is 15.5. The topological polar surface area (TPSA) is 56.9 Å². The molecule has 24 heavy (non-hydrogen) atoms. The maximum atomic E-state index is 5.97. The van der Waals surface area contributed by atoms with E-state index in [0.717, 1.165) is 18.7 Å². The van der Waals surface area contributed by atoms with E-state index in [0.29, 0.717) is 5.96 Å². The molecule has 0 aromatic heterocycles. The van der Waals surface area contributed by atoms with Crippen molar-refractivity contribution in [3.05, 3.63) is 29.3 Å².